The second-order valence-electron chi connectivity index (χ2n) is 3.45. The van der Waals surface area contributed by atoms with Gasteiger partial charge in [-0.3, -0.25) is 5.10 Å². The first kappa shape index (κ1) is 8.10. The van der Waals surface area contributed by atoms with Gasteiger partial charge in [-0.15, -0.1) is 0 Å². The smallest absolute Gasteiger partial charge is 0.132 e. The molecule has 0 saturated carbocycles. The summed E-state index contributed by atoms with van der Waals surface area (Å²) in [7, 11) is 0. The minimum absolute atomic E-state index is 0.573. The second kappa shape index (κ2) is 3.09. The summed E-state index contributed by atoms with van der Waals surface area (Å²) in [6.45, 7) is 4.37. The van der Waals surface area contributed by atoms with Crippen LogP contribution < -0.4 is 0 Å². The third kappa shape index (κ3) is 1.49. The molecule has 0 amide bonds. The number of aromatic nitrogens is 3. The molecule has 0 saturated heterocycles. The Balaban J connectivity index is 2.33. The van der Waals surface area contributed by atoms with Crippen LogP contribution in [0.15, 0.2) is 30.7 Å². The van der Waals surface area contributed by atoms with E-state index in [4.69, 9.17) is 0 Å². The lowest BCUT2D eigenvalue weighted by molar-refractivity contribution is 0.860. The van der Waals surface area contributed by atoms with Gasteiger partial charge in [0.1, 0.15) is 5.82 Å². The Hall–Kier alpha value is -1.51. The van der Waals surface area contributed by atoms with E-state index < -0.39 is 0 Å². The quantitative estimate of drug-likeness (QED) is 0.746. The van der Waals surface area contributed by atoms with E-state index in [-0.39, 0.29) is 0 Å². The molecule has 0 spiro atoms. The van der Waals surface area contributed by atoms with E-state index in [2.05, 4.69) is 36.3 Å². The molecule has 0 aliphatic heterocycles. The summed E-state index contributed by atoms with van der Waals surface area (Å²) in [4.78, 5) is 0. The van der Waals surface area contributed by atoms with E-state index in [9.17, 15) is 0 Å². The summed E-state index contributed by atoms with van der Waals surface area (Å²) >= 11 is 0. The van der Waals surface area contributed by atoms with Crippen LogP contribution in [0.1, 0.15) is 25.3 Å². The van der Waals surface area contributed by atoms with Crippen molar-refractivity contribution in [2.45, 2.75) is 19.8 Å². The van der Waals surface area contributed by atoms with Crippen LogP contribution in [0.5, 0.6) is 0 Å². The fourth-order valence-electron chi connectivity index (χ4n) is 1.30. The van der Waals surface area contributed by atoms with Crippen molar-refractivity contribution >= 4 is 0 Å². The van der Waals surface area contributed by atoms with Crippen LogP contribution in [0.3, 0.4) is 0 Å². The number of nitrogens with zero attached hydrogens (tertiary/aromatic N) is 2. The normalized spacial score (nSPS) is 11.0. The summed E-state index contributed by atoms with van der Waals surface area (Å²) in [5, 5.41) is 6.83. The Labute approximate surface area is 77.4 Å². The molecule has 0 radical (unpaired) electrons. The van der Waals surface area contributed by atoms with Gasteiger partial charge in [0.05, 0.1) is 6.20 Å². The van der Waals surface area contributed by atoms with Crippen molar-refractivity contribution in [2.24, 2.45) is 0 Å². The van der Waals surface area contributed by atoms with Crippen molar-refractivity contribution in [3.8, 4) is 5.82 Å². The molecular weight excluding hydrogens is 162 g/mol. The Morgan fingerprint density at radius 1 is 1.38 bits per heavy atom. The Kier molecular flexibility index (Phi) is 1.93. The SMILES string of the molecule is CC(C)c1ccn(-c2ccn[nH]2)c1. The molecule has 3 heteroatoms. The molecule has 0 aromatic carbocycles. The highest BCUT2D eigenvalue weighted by Gasteiger charge is 2.02. The van der Waals surface area contributed by atoms with Crippen LogP contribution in [0.2, 0.25) is 0 Å². The molecule has 68 valence electrons. The van der Waals surface area contributed by atoms with Gasteiger partial charge >= 0.3 is 0 Å². The molecule has 0 unspecified atom stereocenters. The maximum Gasteiger partial charge on any atom is 0.132 e. The van der Waals surface area contributed by atoms with Crippen LogP contribution in [0, 0.1) is 0 Å². The highest BCUT2D eigenvalue weighted by Crippen LogP contribution is 2.16. The van der Waals surface area contributed by atoms with Gasteiger partial charge in [0.2, 0.25) is 0 Å². The average molecular weight is 175 g/mol. The maximum absolute atomic E-state index is 3.91. The van der Waals surface area contributed by atoms with Crippen molar-refractivity contribution in [3.05, 3.63) is 36.3 Å². The molecule has 2 heterocycles. The minimum atomic E-state index is 0.573. The van der Waals surface area contributed by atoms with Crippen LogP contribution in [-0.4, -0.2) is 14.8 Å². The van der Waals surface area contributed by atoms with Crippen molar-refractivity contribution < 1.29 is 0 Å². The number of H-pyrrole nitrogens is 1. The molecule has 1 N–H and O–H groups in total. The molecule has 3 nitrogen and oxygen atoms in total. The van der Waals surface area contributed by atoms with E-state index >= 15 is 0 Å². The molecule has 0 atom stereocenters. The zero-order chi connectivity index (χ0) is 9.26. The van der Waals surface area contributed by atoms with Crippen molar-refractivity contribution in [1.82, 2.24) is 14.8 Å². The van der Waals surface area contributed by atoms with E-state index in [1.165, 1.54) is 5.56 Å². The molecule has 2 aromatic heterocycles. The summed E-state index contributed by atoms with van der Waals surface area (Å²) in [5.41, 5.74) is 1.34. The largest absolute Gasteiger partial charge is 0.309 e. The van der Waals surface area contributed by atoms with Crippen molar-refractivity contribution in [1.29, 1.82) is 0 Å². The van der Waals surface area contributed by atoms with Gasteiger partial charge in [-0.05, 0) is 17.5 Å². The first-order chi connectivity index (χ1) is 6.27. The number of hydrogen-bond donors (Lipinski definition) is 1. The Morgan fingerprint density at radius 3 is 2.77 bits per heavy atom. The topological polar surface area (TPSA) is 33.6 Å². The van der Waals surface area contributed by atoms with Crippen molar-refractivity contribution in [2.75, 3.05) is 0 Å². The highest BCUT2D eigenvalue weighted by atomic mass is 15.2. The first-order valence-corrected chi connectivity index (χ1v) is 4.45. The third-order valence-corrected chi connectivity index (χ3v) is 2.15. The van der Waals surface area contributed by atoms with Gasteiger partial charge in [0.25, 0.3) is 0 Å². The summed E-state index contributed by atoms with van der Waals surface area (Å²) in [6, 6.07) is 4.08. The number of rotatable bonds is 2. The zero-order valence-electron chi connectivity index (χ0n) is 7.86. The van der Waals surface area contributed by atoms with Crippen LogP contribution in [0.25, 0.3) is 5.82 Å². The van der Waals surface area contributed by atoms with E-state index in [0.29, 0.717) is 5.92 Å². The molecule has 0 bridgehead atoms. The molecule has 0 aliphatic carbocycles. The summed E-state index contributed by atoms with van der Waals surface area (Å²) in [6.07, 6.45) is 5.92. The lowest BCUT2D eigenvalue weighted by Crippen LogP contribution is -1.90. The van der Waals surface area contributed by atoms with Gasteiger partial charge in [-0.2, -0.15) is 5.10 Å². The number of aromatic amines is 1. The van der Waals surface area contributed by atoms with Crippen LogP contribution in [0.4, 0.5) is 0 Å². The monoisotopic (exact) mass is 175 g/mol. The van der Waals surface area contributed by atoms with Crippen LogP contribution in [-0.2, 0) is 0 Å². The highest BCUT2D eigenvalue weighted by molar-refractivity contribution is 5.25. The summed E-state index contributed by atoms with van der Waals surface area (Å²) in [5.74, 6) is 1.58. The van der Waals surface area contributed by atoms with Gasteiger partial charge < -0.3 is 4.57 Å². The van der Waals surface area contributed by atoms with Gasteiger partial charge in [0, 0.05) is 18.5 Å². The molecular formula is C10H13N3. The minimum Gasteiger partial charge on any atom is -0.309 e. The fraction of sp³-hybridized carbons (Fsp3) is 0.300. The first-order valence-electron chi connectivity index (χ1n) is 4.45. The standard InChI is InChI=1S/C10H13N3/c1-8(2)9-4-6-13(7-9)10-3-5-11-12-10/h3-8H,1-2H3,(H,11,12). The van der Waals surface area contributed by atoms with Gasteiger partial charge in [-0.1, -0.05) is 13.8 Å². The third-order valence-electron chi connectivity index (χ3n) is 2.15. The van der Waals surface area contributed by atoms with E-state index in [1.54, 1.807) is 6.20 Å². The second-order valence-corrected chi connectivity index (χ2v) is 3.45. The zero-order valence-corrected chi connectivity index (χ0v) is 7.86. The predicted molar refractivity (Wildman–Crippen MR) is 52.0 cm³/mol. The van der Waals surface area contributed by atoms with E-state index in [0.717, 1.165) is 5.82 Å². The van der Waals surface area contributed by atoms with Gasteiger partial charge in [-0.25, -0.2) is 0 Å². The Bertz CT molecular complexity index is 371. The average Bonchev–Trinajstić information content (AvgIpc) is 2.75. The number of hydrogen-bond acceptors (Lipinski definition) is 1. The lowest BCUT2D eigenvalue weighted by atomic mass is 10.1. The molecule has 0 fully saturated rings. The predicted octanol–water partition coefficient (Wildman–Crippen LogP) is 2.32. The Morgan fingerprint density at radius 2 is 2.23 bits per heavy atom. The van der Waals surface area contributed by atoms with Gasteiger partial charge in [0.15, 0.2) is 0 Å². The van der Waals surface area contributed by atoms with E-state index in [1.807, 2.05) is 16.8 Å². The van der Waals surface area contributed by atoms with Crippen LogP contribution >= 0.6 is 0 Å². The maximum atomic E-state index is 3.91. The molecule has 2 aromatic rings. The number of nitrogens with one attached hydrogen (secondary N) is 1. The molecule has 2 rings (SSSR count). The summed E-state index contributed by atoms with van der Waals surface area (Å²) < 4.78 is 2.04. The molecule has 0 aliphatic rings. The van der Waals surface area contributed by atoms with Crippen molar-refractivity contribution in [3.63, 3.8) is 0 Å². The lowest BCUT2D eigenvalue weighted by Gasteiger charge is -1.99. The fourth-order valence-corrected chi connectivity index (χ4v) is 1.30. The molecule has 13 heavy (non-hydrogen) atoms.